The van der Waals surface area contributed by atoms with Gasteiger partial charge in [-0.1, -0.05) is 6.92 Å². The maximum absolute atomic E-state index is 5.79. The van der Waals surface area contributed by atoms with E-state index in [-0.39, 0.29) is 0 Å². The zero-order valence-corrected chi connectivity index (χ0v) is 12.4. The Morgan fingerprint density at radius 1 is 1.35 bits per heavy atom. The van der Waals surface area contributed by atoms with Gasteiger partial charge in [-0.05, 0) is 83.6 Å². The van der Waals surface area contributed by atoms with E-state index in [9.17, 15) is 0 Å². The zero-order chi connectivity index (χ0) is 12.0. The Balaban J connectivity index is 1.81. The lowest BCUT2D eigenvalue weighted by Crippen LogP contribution is -2.37. The van der Waals surface area contributed by atoms with Gasteiger partial charge in [0.05, 0.1) is 3.57 Å². The summed E-state index contributed by atoms with van der Waals surface area (Å²) < 4.78 is 1.10. The Labute approximate surface area is 117 Å². The lowest BCUT2D eigenvalue weighted by molar-refractivity contribution is 0.0495. The minimum Gasteiger partial charge on any atom is -0.383 e. The fourth-order valence-electron chi connectivity index (χ4n) is 3.68. The highest BCUT2D eigenvalue weighted by atomic mass is 127. The number of halogens is 1. The van der Waals surface area contributed by atoms with E-state index in [0.29, 0.717) is 11.7 Å². The van der Waals surface area contributed by atoms with E-state index in [4.69, 9.17) is 5.73 Å². The predicted molar refractivity (Wildman–Crippen MR) is 78.7 cm³/mol. The summed E-state index contributed by atoms with van der Waals surface area (Å²) in [5.74, 6) is 4.28. The molecule has 92 valence electrons. The Kier molecular flexibility index (Phi) is 3.05. The quantitative estimate of drug-likeness (QED) is 0.789. The second-order valence-corrected chi connectivity index (χ2v) is 6.94. The van der Waals surface area contributed by atoms with Crippen molar-refractivity contribution in [3.8, 4) is 0 Å². The van der Waals surface area contributed by atoms with Crippen LogP contribution in [0.1, 0.15) is 44.1 Å². The average Bonchev–Trinajstić information content (AvgIpc) is 2.25. The van der Waals surface area contributed by atoms with Crippen LogP contribution in [0.5, 0.6) is 0 Å². The van der Waals surface area contributed by atoms with Crippen LogP contribution in [0.4, 0.5) is 5.82 Å². The van der Waals surface area contributed by atoms with Crippen molar-refractivity contribution < 1.29 is 0 Å². The third kappa shape index (κ3) is 2.07. The first-order chi connectivity index (χ1) is 8.15. The molecule has 0 saturated heterocycles. The van der Waals surface area contributed by atoms with Gasteiger partial charge in [-0.2, -0.15) is 0 Å². The molecule has 1 aromatic heterocycles. The first-order valence-electron chi connectivity index (χ1n) is 6.56. The molecule has 1 heterocycles. The fraction of sp³-hybridized carbons (Fsp3) is 0.643. The highest BCUT2D eigenvalue weighted by molar-refractivity contribution is 14.1. The van der Waals surface area contributed by atoms with Gasteiger partial charge in [-0.25, -0.2) is 4.98 Å². The molecule has 0 aromatic carbocycles. The second kappa shape index (κ2) is 4.41. The van der Waals surface area contributed by atoms with E-state index in [0.717, 1.165) is 21.3 Å². The molecule has 0 aliphatic heterocycles. The van der Waals surface area contributed by atoms with Crippen molar-refractivity contribution >= 4 is 28.4 Å². The monoisotopic (exact) mass is 342 g/mol. The normalized spacial score (nSPS) is 36.1. The molecular formula is C14H19IN2. The summed E-state index contributed by atoms with van der Waals surface area (Å²) in [4.78, 5) is 4.31. The molecule has 2 fully saturated rings. The first kappa shape index (κ1) is 11.8. The van der Waals surface area contributed by atoms with Gasteiger partial charge < -0.3 is 5.73 Å². The van der Waals surface area contributed by atoms with Crippen LogP contribution in [-0.4, -0.2) is 4.98 Å². The molecule has 2 aliphatic carbocycles. The minimum atomic E-state index is 0.666. The van der Waals surface area contributed by atoms with Crippen molar-refractivity contribution in [1.82, 2.24) is 4.98 Å². The number of nitrogens with zero attached hydrogens (tertiary/aromatic N) is 1. The summed E-state index contributed by atoms with van der Waals surface area (Å²) >= 11 is 2.29. The Morgan fingerprint density at radius 2 is 2.18 bits per heavy atom. The summed E-state index contributed by atoms with van der Waals surface area (Å²) in [6.07, 6.45) is 7.62. The van der Waals surface area contributed by atoms with Gasteiger partial charge in [-0.3, -0.25) is 0 Å². The molecule has 3 rings (SSSR count). The van der Waals surface area contributed by atoms with E-state index >= 15 is 0 Å². The SMILES string of the molecule is CC1C[C@@H](c2cnc(N)c(I)c2)CC2CC[C@H]12. The number of aromatic nitrogens is 1. The Bertz CT molecular complexity index is 424. The van der Waals surface area contributed by atoms with E-state index < -0.39 is 0 Å². The van der Waals surface area contributed by atoms with Crippen LogP contribution in [0.2, 0.25) is 0 Å². The smallest absolute Gasteiger partial charge is 0.136 e. The number of hydrogen-bond donors (Lipinski definition) is 1. The summed E-state index contributed by atoms with van der Waals surface area (Å²) in [5, 5.41) is 0. The number of rotatable bonds is 1. The van der Waals surface area contributed by atoms with Crippen molar-refractivity contribution in [2.75, 3.05) is 5.73 Å². The molecule has 3 heteroatoms. The van der Waals surface area contributed by atoms with Gasteiger partial charge in [0.2, 0.25) is 0 Å². The predicted octanol–water partition coefficient (Wildman–Crippen LogP) is 3.81. The van der Waals surface area contributed by atoms with Crippen molar-refractivity contribution in [3.05, 3.63) is 21.4 Å². The van der Waals surface area contributed by atoms with Crippen molar-refractivity contribution in [2.45, 2.75) is 38.5 Å². The molecule has 2 unspecified atom stereocenters. The molecule has 0 bridgehead atoms. The molecule has 2 nitrogen and oxygen atoms in total. The first-order valence-corrected chi connectivity index (χ1v) is 7.64. The number of pyridine rings is 1. The van der Waals surface area contributed by atoms with Crippen molar-refractivity contribution in [2.24, 2.45) is 17.8 Å². The maximum atomic E-state index is 5.79. The average molecular weight is 342 g/mol. The largest absolute Gasteiger partial charge is 0.383 e. The van der Waals surface area contributed by atoms with Crippen LogP contribution < -0.4 is 5.73 Å². The second-order valence-electron chi connectivity index (χ2n) is 5.78. The summed E-state index contributed by atoms with van der Waals surface area (Å²) in [6.45, 7) is 2.43. The molecule has 1 aromatic rings. The topological polar surface area (TPSA) is 38.9 Å². The van der Waals surface area contributed by atoms with E-state index in [1.54, 1.807) is 0 Å². The number of nitrogen functional groups attached to an aromatic ring is 1. The maximum Gasteiger partial charge on any atom is 0.136 e. The lowest BCUT2D eigenvalue weighted by Gasteiger charge is -2.48. The summed E-state index contributed by atoms with van der Waals surface area (Å²) in [7, 11) is 0. The number of nitrogens with two attached hydrogens (primary N) is 1. The fourth-order valence-corrected chi connectivity index (χ4v) is 4.18. The van der Waals surface area contributed by atoms with Crippen LogP contribution in [0.25, 0.3) is 0 Å². The molecule has 4 atom stereocenters. The minimum absolute atomic E-state index is 0.666. The standard InChI is InChI=1S/C14H19IN2/c1-8-4-10(5-9-2-3-12(8)9)11-6-13(15)14(16)17-7-11/h6-10,12H,2-5H2,1H3,(H2,16,17)/t8?,9?,10-,12-/m1/s1. The highest BCUT2D eigenvalue weighted by Crippen LogP contribution is 2.52. The zero-order valence-electron chi connectivity index (χ0n) is 10.2. The molecule has 0 amide bonds. The van der Waals surface area contributed by atoms with Crippen LogP contribution in [0.3, 0.4) is 0 Å². The highest BCUT2D eigenvalue weighted by Gasteiger charge is 2.41. The molecule has 0 spiro atoms. The Morgan fingerprint density at radius 3 is 2.76 bits per heavy atom. The van der Waals surface area contributed by atoms with Crippen LogP contribution in [0, 0.1) is 21.3 Å². The number of hydrogen-bond acceptors (Lipinski definition) is 2. The molecule has 0 radical (unpaired) electrons. The van der Waals surface area contributed by atoms with Crippen molar-refractivity contribution in [1.29, 1.82) is 0 Å². The third-order valence-corrected chi connectivity index (χ3v) is 5.68. The van der Waals surface area contributed by atoms with Gasteiger partial charge >= 0.3 is 0 Å². The Hall–Kier alpha value is -0.320. The molecular weight excluding hydrogens is 323 g/mol. The van der Waals surface area contributed by atoms with E-state index in [1.807, 2.05) is 6.20 Å². The summed E-state index contributed by atoms with van der Waals surface area (Å²) in [6, 6.07) is 2.24. The molecule has 2 aliphatic rings. The van der Waals surface area contributed by atoms with Gasteiger partial charge in [0.25, 0.3) is 0 Å². The van der Waals surface area contributed by atoms with Crippen LogP contribution >= 0.6 is 22.6 Å². The van der Waals surface area contributed by atoms with Gasteiger partial charge in [-0.15, -0.1) is 0 Å². The number of fused-ring (bicyclic) bond motifs is 1. The van der Waals surface area contributed by atoms with Gasteiger partial charge in [0.15, 0.2) is 0 Å². The summed E-state index contributed by atoms with van der Waals surface area (Å²) in [5.41, 5.74) is 7.19. The molecule has 17 heavy (non-hydrogen) atoms. The number of anilines is 1. The van der Waals surface area contributed by atoms with Gasteiger partial charge in [0, 0.05) is 6.20 Å². The van der Waals surface area contributed by atoms with Crippen LogP contribution in [-0.2, 0) is 0 Å². The van der Waals surface area contributed by atoms with Crippen LogP contribution in [0.15, 0.2) is 12.3 Å². The molecule has 2 N–H and O–H groups in total. The van der Waals surface area contributed by atoms with E-state index in [1.165, 1.54) is 31.2 Å². The van der Waals surface area contributed by atoms with Crippen molar-refractivity contribution in [3.63, 3.8) is 0 Å². The lowest BCUT2D eigenvalue weighted by atomic mass is 9.57. The molecule has 2 saturated carbocycles. The van der Waals surface area contributed by atoms with E-state index in [2.05, 4.69) is 40.6 Å². The third-order valence-electron chi connectivity index (χ3n) is 4.81. The van der Waals surface area contributed by atoms with Gasteiger partial charge in [0.1, 0.15) is 5.82 Å².